The van der Waals surface area contributed by atoms with Gasteiger partial charge in [-0.2, -0.15) is 0 Å². The average molecular weight is 391 g/mol. The van der Waals surface area contributed by atoms with Crippen LogP contribution < -0.4 is 20.5 Å². The molecule has 8 nitrogen and oxygen atoms in total. The van der Waals surface area contributed by atoms with Crippen molar-refractivity contribution in [2.24, 2.45) is 5.14 Å². The summed E-state index contributed by atoms with van der Waals surface area (Å²) in [5.74, 6) is -0.266. The molecule has 9 heteroatoms. The molecule has 27 heavy (non-hydrogen) atoms. The molecule has 0 aromatic heterocycles. The summed E-state index contributed by atoms with van der Waals surface area (Å²) in [6.45, 7) is 3.71. The van der Waals surface area contributed by atoms with Crippen molar-refractivity contribution < 1.29 is 22.7 Å². The van der Waals surface area contributed by atoms with Crippen LogP contribution in [0.3, 0.4) is 0 Å². The zero-order chi connectivity index (χ0) is 20.0. The molecule has 0 aliphatic carbocycles. The monoisotopic (exact) mass is 391 g/mol. The van der Waals surface area contributed by atoms with Crippen molar-refractivity contribution in [2.45, 2.75) is 18.7 Å². The van der Waals surface area contributed by atoms with Gasteiger partial charge in [0, 0.05) is 11.3 Å². The SMILES string of the molecule is CCOc1ccc(C(=O)NCC(=O)Nc2ccc(C)c(S(N)(=O)=O)c2)cc1. The predicted molar refractivity (Wildman–Crippen MR) is 101 cm³/mol. The van der Waals surface area contributed by atoms with Gasteiger partial charge in [-0.1, -0.05) is 6.07 Å². The minimum atomic E-state index is -3.89. The van der Waals surface area contributed by atoms with Crippen LogP contribution in [0.1, 0.15) is 22.8 Å². The standard InChI is InChI=1S/C18H21N3O5S/c1-3-26-15-8-5-13(6-9-15)18(23)20-11-17(22)21-14-7-4-12(2)16(10-14)27(19,24)25/h4-10H,3,11H2,1-2H3,(H,20,23)(H,21,22)(H2,19,24,25). The molecule has 0 atom stereocenters. The van der Waals surface area contributed by atoms with Crippen LogP contribution in [0.2, 0.25) is 0 Å². The minimum absolute atomic E-state index is 0.0706. The molecule has 0 aliphatic rings. The molecule has 4 N–H and O–H groups in total. The Labute approximate surface area is 157 Å². The lowest BCUT2D eigenvalue weighted by Crippen LogP contribution is -2.32. The van der Waals surface area contributed by atoms with E-state index in [1.165, 1.54) is 12.1 Å². The molecule has 0 radical (unpaired) electrons. The quantitative estimate of drug-likeness (QED) is 0.657. The summed E-state index contributed by atoms with van der Waals surface area (Å²) >= 11 is 0. The van der Waals surface area contributed by atoms with Gasteiger partial charge in [0.2, 0.25) is 15.9 Å². The zero-order valence-electron chi connectivity index (χ0n) is 15.0. The maximum Gasteiger partial charge on any atom is 0.251 e. The fraction of sp³-hybridized carbons (Fsp3) is 0.222. The largest absolute Gasteiger partial charge is 0.494 e. The Hall–Kier alpha value is -2.91. The van der Waals surface area contributed by atoms with Gasteiger partial charge in [0.15, 0.2) is 0 Å². The number of ether oxygens (including phenoxy) is 1. The van der Waals surface area contributed by atoms with E-state index >= 15 is 0 Å². The predicted octanol–water partition coefficient (Wildman–Crippen LogP) is 1.41. The summed E-state index contributed by atoms with van der Waals surface area (Å²) in [6.07, 6.45) is 0. The third kappa shape index (κ3) is 5.80. The summed E-state index contributed by atoms with van der Waals surface area (Å²) in [5, 5.41) is 10.2. The van der Waals surface area contributed by atoms with Gasteiger partial charge in [-0.3, -0.25) is 9.59 Å². The molecule has 0 saturated carbocycles. The summed E-state index contributed by atoms with van der Waals surface area (Å²) < 4.78 is 28.4. The van der Waals surface area contributed by atoms with Gasteiger partial charge < -0.3 is 15.4 Å². The fourth-order valence-corrected chi connectivity index (χ4v) is 3.13. The van der Waals surface area contributed by atoms with Crippen molar-refractivity contribution in [3.05, 3.63) is 53.6 Å². The van der Waals surface area contributed by atoms with E-state index < -0.39 is 21.8 Å². The Morgan fingerprint density at radius 3 is 2.37 bits per heavy atom. The van der Waals surface area contributed by atoms with E-state index in [9.17, 15) is 18.0 Å². The van der Waals surface area contributed by atoms with Gasteiger partial charge in [-0.05, 0) is 55.8 Å². The smallest absolute Gasteiger partial charge is 0.251 e. The molecule has 0 aliphatic heterocycles. The maximum absolute atomic E-state index is 12.1. The van der Waals surface area contributed by atoms with Gasteiger partial charge in [-0.25, -0.2) is 13.6 Å². The third-order valence-electron chi connectivity index (χ3n) is 3.62. The van der Waals surface area contributed by atoms with Crippen LogP contribution >= 0.6 is 0 Å². The van der Waals surface area contributed by atoms with E-state index in [0.29, 0.717) is 23.5 Å². The number of rotatable bonds is 7. The zero-order valence-corrected chi connectivity index (χ0v) is 15.8. The number of benzene rings is 2. The van der Waals surface area contributed by atoms with Crippen LogP contribution in [0.5, 0.6) is 5.75 Å². The van der Waals surface area contributed by atoms with E-state index in [4.69, 9.17) is 9.88 Å². The highest BCUT2D eigenvalue weighted by molar-refractivity contribution is 7.89. The first-order chi connectivity index (χ1) is 12.7. The molecular weight excluding hydrogens is 370 g/mol. The highest BCUT2D eigenvalue weighted by Gasteiger charge is 2.14. The van der Waals surface area contributed by atoms with Crippen LogP contribution in [0.15, 0.2) is 47.4 Å². The summed E-state index contributed by atoms with van der Waals surface area (Å²) in [6, 6.07) is 10.9. The second-order valence-corrected chi connectivity index (χ2v) is 7.24. The van der Waals surface area contributed by atoms with E-state index in [1.807, 2.05) is 6.92 Å². The molecule has 0 saturated heterocycles. The van der Waals surface area contributed by atoms with E-state index in [1.54, 1.807) is 37.3 Å². The number of hydrogen-bond acceptors (Lipinski definition) is 5. The molecule has 0 fully saturated rings. The normalized spacial score (nSPS) is 10.9. The summed E-state index contributed by atoms with van der Waals surface area (Å²) in [7, 11) is -3.89. The van der Waals surface area contributed by atoms with Crippen molar-refractivity contribution in [2.75, 3.05) is 18.5 Å². The van der Waals surface area contributed by atoms with E-state index in [2.05, 4.69) is 10.6 Å². The lowest BCUT2D eigenvalue weighted by Gasteiger charge is -2.10. The van der Waals surface area contributed by atoms with Crippen LogP contribution in [0, 0.1) is 6.92 Å². The van der Waals surface area contributed by atoms with Crippen molar-refractivity contribution in [1.29, 1.82) is 0 Å². The molecule has 0 bridgehead atoms. The highest BCUT2D eigenvalue weighted by atomic mass is 32.2. The molecule has 0 spiro atoms. The van der Waals surface area contributed by atoms with Gasteiger partial charge >= 0.3 is 0 Å². The van der Waals surface area contributed by atoms with Gasteiger partial charge in [0.1, 0.15) is 5.75 Å². The molecule has 2 rings (SSSR count). The lowest BCUT2D eigenvalue weighted by atomic mass is 10.2. The second kappa shape index (κ2) is 8.65. The number of aryl methyl sites for hydroxylation is 1. The van der Waals surface area contributed by atoms with Crippen LogP contribution in [0.25, 0.3) is 0 Å². The van der Waals surface area contributed by atoms with Crippen LogP contribution in [0.4, 0.5) is 5.69 Å². The number of anilines is 1. The molecule has 2 aromatic carbocycles. The first-order valence-corrected chi connectivity index (χ1v) is 9.69. The van der Waals surface area contributed by atoms with Gasteiger partial charge in [-0.15, -0.1) is 0 Å². The van der Waals surface area contributed by atoms with Gasteiger partial charge in [0.25, 0.3) is 5.91 Å². The maximum atomic E-state index is 12.1. The summed E-state index contributed by atoms with van der Waals surface area (Å²) in [5.41, 5.74) is 1.13. The molecule has 2 aromatic rings. The molecular formula is C18H21N3O5S. The van der Waals surface area contributed by atoms with Crippen molar-refractivity contribution in [3.8, 4) is 5.75 Å². The second-order valence-electron chi connectivity index (χ2n) is 5.71. The number of amides is 2. The Balaban J connectivity index is 1.95. The Morgan fingerprint density at radius 2 is 1.78 bits per heavy atom. The van der Waals surface area contributed by atoms with Gasteiger partial charge in [0.05, 0.1) is 18.0 Å². The Bertz CT molecular complexity index is 940. The Morgan fingerprint density at radius 1 is 1.11 bits per heavy atom. The third-order valence-corrected chi connectivity index (χ3v) is 4.67. The average Bonchev–Trinajstić information content (AvgIpc) is 2.61. The van der Waals surface area contributed by atoms with E-state index in [0.717, 1.165) is 0 Å². The van der Waals surface area contributed by atoms with Crippen molar-refractivity contribution >= 4 is 27.5 Å². The molecule has 144 valence electrons. The summed E-state index contributed by atoms with van der Waals surface area (Å²) in [4.78, 5) is 24.0. The lowest BCUT2D eigenvalue weighted by molar-refractivity contribution is -0.115. The number of primary sulfonamides is 1. The number of nitrogens with one attached hydrogen (secondary N) is 2. The highest BCUT2D eigenvalue weighted by Crippen LogP contribution is 2.19. The van der Waals surface area contributed by atoms with Crippen molar-refractivity contribution in [3.63, 3.8) is 0 Å². The van der Waals surface area contributed by atoms with Crippen molar-refractivity contribution in [1.82, 2.24) is 5.32 Å². The number of sulfonamides is 1. The number of hydrogen-bond donors (Lipinski definition) is 3. The van der Waals surface area contributed by atoms with E-state index in [-0.39, 0.29) is 17.1 Å². The fourth-order valence-electron chi connectivity index (χ4n) is 2.32. The first kappa shape index (κ1) is 20.4. The minimum Gasteiger partial charge on any atom is -0.494 e. The van der Waals surface area contributed by atoms with Crippen LogP contribution in [-0.2, 0) is 14.8 Å². The topological polar surface area (TPSA) is 128 Å². The number of carbonyl (C=O) groups excluding carboxylic acids is 2. The molecule has 2 amide bonds. The molecule has 0 unspecified atom stereocenters. The first-order valence-electron chi connectivity index (χ1n) is 8.15. The van der Waals surface area contributed by atoms with Crippen LogP contribution in [-0.4, -0.2) is 33.4 Å². The number of nitrogens with two attached hydrogens (primary N) is 1. The molecule has 0 heterocycles. The Kier molecular flexibility index (Phi) is 6.54. The number of carbonyl (C=O) groups is 2.